The van der Waals surface area contributed by atoms with Gasteiger partial charge in [-0.3, -0.25) is 0 Å². The van der Waals surface area contributed by atoms with Gasteiger partial charge in [0.1, 0.15) is 0 Å². The molecule has 0 bridgehead atoms. The summed E-state index contributed by atoms with van der Waals surface area (Å²) in [6, 6.07) is 0. The summed E-state index contributed by atoms with van der Waals surface area (Å²) < 4.78 is 0. The van der Waals surface area contributed by atoms with Crippen LogP contribution in [0.4, 0.5) is 0 Å². The summed E-state index contributed by atoms with van der Waals surface area (Å²) in [7, 11) is 0. The maximum atomic E-state index is 3.42. The standard InChI is InChI=1S/C6H12Br/c1-3-4-5-6(2)7/h5-6H,3-4H2,1-2H3. The third-order valence-corrected chi connectivity index (χ3v) is 1.15. The summed E-state index contributed by atoms with van der Waals surface area (Å²) in [6.45, 7) is 4.32. The Bertz CT molecular complexity index is 33.2. The summed E-state index contributed by atoms with van der Waals surface area (Å²) in [5.41, 5.74) is 0. The SMILES string of the molecule is CCC[CH]C(C)Br. The average molecular weight is 164 g/mol. The van der Waals surface area contributed by atoms with Crippen LogP contribution in [0.25, 0.3) is 0 Å². The molecule has 0 fully saturated rings. The molecule has 0 aliphatic carbocycles. The Labute approximate surface area is 54.4 Å². The van der Waals surface area contributed by atoms with E-state index in [0.717, 1.165) is 0 Å². The quantitative estimate of drug-likeness (QED) is 0.562. The predicted octanol–water partition coefficient (Wildman–Crippen LogP) is 2.77. The Morgan fingerprint density at radius 3 is 2.43 bits per heavy atom. The smallest absolute Gasteiger partial charge is 0.0148 e. The maximum Gasteiger partial charge on any atom is 0.0148 e. The summed E-state index contributed by atoms with van der Waals surface area (Å²) >= 11 is 3.42. The van der Waals surface area contributed by atoms with Crippen molar-refractivity contribution in [1.29, 1.82) is 0 Å². The number of alkyl halides is 1. The van der Waals surface area contributed by atoms with Crippen LogP contribution in [-0.4, -0.2) is 4.83 Å². The minimum absolute atomic E-state index is 0.590. The van der Waals surface area contributed by atoms with E-state index in [4.69, 9.17) is 0 Å². The Morgan fingerprint density at radius 2 is 2.29 bits per heavy atom. The lowest BCUT2D eigenvalue weighted by Crippen LogP contribution is -1.88. The molecule has 0 aliphatic heterocycles. The molecule has 1 radical (unpaired) electrons. The van der Waals surface area contributed by atoms with Gasteiger partial charge in [-0.05, 0) is 12.8 Å². The highest BCUT2D eigenvalue weighted by molar-refractivity contribution is 9.09. The molecule has 1 unspecified atom stereocenters. The largest absolute Gasteiger partial charge is 0.0891 e. The summed E-state index contributed by atoms with van der Waals surface area (Å²) in [5, 5.41) is 0. The van der Waals surface area contributed by atoms with E-state index in [2.05, 4.69) is 36.2 Å². The van der Waals surface area contributed by atoms with E-state index in [1.807, 2.05) is 0 Å². The van der Waals surface area contributed by atoms with Crippen LogP contribution in [0.15, 0.2) is 0 Å². The molecular formula is C6H12Br. The molecule has 0 aromatic carbocycles. The van der Waals surface area contributed by atoms with E-state index in [9.17, 15) is 0 Å². The molecule has 43 valence electrons. The van der Waals surface area contributed by atoms with E-state index in [1.54, 1.807) is 0 Å². The monoisotopic (exact) mass is 163 g/mol. The van der Waals surface area contributed by atoms with Gasteiger partial charge in [0.05, 0.1) is 0 Å². The number of rotatable bonds is 3. The van der Waals surface area contributed by atoms with Gasteiger partial charge in [0.2, 0.25) is 0 Å². The fourth-order valence-electron chi connectivity index (χ4n) is 0.396. The van der Waals surface area contributed by atoms with Crippen LogP contribution in [0.5, 0.6) is 0 Å². The fraction of sp³-hybridized carbons (Fsp3) is 0.833. The predicted molar refractivity (Wildman–Crippen MR) is 37.6 cm³/mol. The van der Waals surface area contributed by atoms with Crippen molar-refractivity contribution < 1.29 is 0 Å². The van der Waals surface area contributed by atoms with E-state index >= 15 is 0 Å². The lowest BCUT2D eigenvalue weighted by molar-refractivity contribution is 0.864. The van der Waals surface area contributed by atoms with Gasteiger partial charge in [0.15, 0.2) is 0 Å². The van der Waals surface area contributed by atoms with Gasteiger partial charge in [0, 0.05) is 4.83 Å². The van der Waals surface area contributed by atoms with Crippen LogP contribution in [0.2, 0.25) is 0 Å². The highest BCUT2D eigenvalue weighted by Gasteiger charge is 1.91. The normalized spacial score (nSPS) is 14.1. The van der Waals surface area contributed by atoms with E-state index < -0.39 is 0 Å². The zero-order valence-electron chi connectivity index (χ0n) is 4.95. The number of halogens is 1. The highest BCUT2D eigenvalue weighted by Crippen LogP contribution is 2.05. The first kappa shape index (κ1) is 7.48. The first-order valence-corrected chi connectivity index (χ1v) is 3.66. The molecule has 0 N–H and O–H groups in total. The molecule has 0 aromatic rings. The minimum atomic E-state index is 0.590. The van der Waals surface area contributed by atoms with Gasteiger partial charge in [0.25, 0.3) is 0 Å². The average Bonchev–Trinajstić information content (AvgIpc) is 1.61. The molecule has 0 saturated heterocycles. The first-order valence-electron chi connectivity index (χ1n) is 2.74. The van der Waals surface area contributed by atoms with Crippen LogP contribution >= 0.6 is 15.9 Å². The number of unbranched alkanes of at least 4 members (excludes halogenated alkanes) is 1. The van der Waals surface area contributed by atoms with Crippen molar-refractivity contribution in [3.05, 3.63) is 6.42 Å². The molecule has 1 atom stereocenters. The summed E-state index contributed by atoms with van der Waals surface area (Å²) in [6.07, 6.45) is 4.75. The van der Waals surface area contributed by atoms with E-state index in [-0.39, 0.29) is 0 Å². The molecule has 0 nitrogen and oxygen atoms in total. The molecule has 1 heteroatoms. The first-order chi connectivity index (χ1) is 3.27. The molecule has 7 heavy (non-hydrogen) atoms. The number of hydrogen-bond acceptors (Lipinski definition) is 0. The second-order valence-corrected chi connectivity index (χ2v) is 3.15. The van der Waals surface area contributed by atoms with Crippen molar-refractivity contribution in [1.82, 2.24) is 0 Å². The highest BCUT2D eigenvalue weighted by atomic mass is 79.9. The van der Waals surface area contributed by atoms with Crippen LogP contribution in [0.3, 0.4) is 0 Å². The van der Waals surface area contributed by atoms with Crippen LogP contribution in [0.1, 0.15) is 26.7 Å². The van der Waals surface area contributed by atoms with Crippen molar-refractivity contribution in [2.75, 3.05) is 0 Å². The van der Waals surface area contributed by atoms with Gasteiger partial charge in [-0.1, -0.05) is 36.2 Å². The summed E-state index contributed by atoms with van der Waals surface area (Å²) in [5.74, 6) is 0. The molecule has 0 saturated carbocycles. The maximum absolute atomic E-state index is 3.42. The van der Waals surface area contributed by atoms with E-state index in [0.29, 0.717) is 4.83 Å². The zero-order chi connectivity index (χ0) is 5.70. The third-order valence-electron chi connectivity index (χ3n) is 0.780. The minimum Gasteiger partial charge on any atom is -0.0891 e. The van der Waals surface area contributed by atoms with Gasteiger partial charge < -0.3 is 0 Å². The second kappa shape index (κ2) is 4.63. The zero-order valence-corrected chi connectivity index (χ0v) is 6.53. The summed E-state index contributed by atoms with van der Waals surface area (Å²) in [4.78, 5) is 0.590. The molecule has 0 heterocycles. The third kappa shape index (κ3) is 6.48. The van der Waals surface area contributed by atoms with Crippen molar-refractivity contribution in [2.24, 2.45) is 0 Å². The number of hydrogen-bond donors (Lipinski definition) is 0. The van der Waals surface area contributed by atoms with Gasteiger partial charge in [-0.15, -0.1) is 0 Å². The van der Waals surface area contributed by atoms with Crippen LogP contribution < -0.4 is 0 Å². The van der Waals surface area contributed by atoms with Gasteiger partial charge in [-0.25, -0.2) is 0 Å². The second-order valence-electron chi connectivity index (χ2n) is 1.70. The molecule has 0 amide bonds. The molecule has 0 spiro atoms. The molecule has 0 rings (SSSR count). The van der Waals surface area contributed by atoms with Gasteiger partial charge in [-0.2, -0.15) is 0 Å². The van der Waals surface area contributed by atoms with Crippen molar-refractivity contribution >= 4 is 15.9 Å². The molecule has 0 aromatic heterocycles. The lowest BCUT2D eigenvalue weighted by atomic mass is 10.2. The fourth-order valence-corrected chi connectivity index (χ4v) is 0.661. The Hall–Kier alpha value is 0.480. The Morgan fingerprint density at radius 1 is 1.71 bits per heavy atom. The van der Waals surface area contributed by atoms with Crippen molar-refractivity contribution in [2.45, 2.75) is 31.5 Å². The lowest BCUT2D eigenvalue weighted by Gasteiger charge is -1.96. The van der Waals surface area contributed by atoms with E-state index in [1.165, 1.54) is 12.8 Å². The Balaban J connectivity index is 2.68. The van der Waals surface area contributed by atoms with Crippen molar-refractivity contribution in [3.63, 3.8) is 0 Å². The molecular weight excluding hydrogens is 152 g/mol. The van der Waals surface area contributed by atoms with Gasteiger partial charge >= 0.3 is 0 Å². The van der Waals surface area contributed by atoms with Crippen LogP contribution in [0, 0.1) is 6.42 Å². The van der Waals surface area contributed by atoms with Crippen molar-refractivity contribution in [3.8, 4) is 0 Å². The van der Waals surface area contributed by atoms with Crippen LogP contribution in [-0.2, 0) is 0 Å². The topological polar surface area (TPSA) is 0 Å². The Kier molecular flexibility index (Phi) is 4.95. The molecule has 0 aliphatic rings.